The smallest absolute Gasteiger partial charge is 0.318 e. The van der Waals surface area contributed by atoms with Crippen molar-refractivity contribution in [3.8, 4) is 5.75 Å². The standard InChI is InChI=1S/C20H18FN9O6/c21-13-1-3-14(4-2-13)23-18-24-19(26-20(25-18)28-5-7-36-8-6-28)27-22-11-12-9-15(29(32)33)10-16(17(12)31)30(34)35/h1-4,9-11,31H,5-8H2,(H2,23,24,25,26,27)/b22-11-. The minimum atomic E-state index is -0.943. The highest BCUT2D eigenvalue weighted by atomic mass is 19.1. The largest absolute Gasteiger partial charge is 0.502 e. The number of halogens is 1. The zero-order chi connectivity index (χ0) is 25.7. The predicted octanol–water partition coefficient (Wildman–Crippen LogP) is 2.56. The van der Waals surface area contributed by atoms with E-state index in [1.54, 1.807) is 0 Å². The molecule has 3 aromatic rings. The van der Waals surface area contributed by atoms with Crippen molar-refractivity contribution in [2.45, 2.75) is 0 Å². The Morgan fingerprint density at radius 1 is 1.06 bits per heavy atom. The van der Waals surface area contributed by atoms with Crippen LogP contribution in [0.3, 0.4) is 0 Å². The molecule has 1 fully saturated rings. The second kappa shape index (κ2) is 10.5. The van der Waals surface area contributed by atoms with Crippen LogP contribution >= 0.6 is 0 Å². The minimum absolute atomic E-state index is 0.0354. The highest BCUT2D eigenvalue weighted by molar-refractivity contribution is 5.87. The maximum Gasteiger partial charge on any atom is 0.318 e. The number of hydrazone groups is 1. The normalized spacial score (nSPS) is 13.5. The molecule has 3 N–H and O–H groups in total. The number of hydrogen-bond acceptors (Lipinski definition) is 13. The van der Waals surface area contributed by atoms with E-state index in [0.717, 1.165) is 12.3 Å². The summed E-state index contributed by atoms with van der Waals surface area (Å²) < 4.78 is 18.6. The monoisotopic (exact) mass is 499 g/mol. The van der Waals surface area contributed by atoms with Gasteiger partial charge in [0.05, 0.1) is 40.9 Å². The topological polar surface area (TPSA) is 194 Å². The third kappa shape index (κ3) is 5.73. The summed E-state index contributed by atoms with van der Waals surface area (Å²) in [5.74, 6) is -0.827. The maximum atomic E-state index is 13.2. The number of nitro benzene ring substituents is 2. The molecule has 0 radical (unpaired) electrons. The van der Waals surface area contributed by atoms with Gasteiger partial charge in [-0.3, -0.25) is 20.2 Å². The maximum absolute atomic E-state index is 13.2. The molecule has 0 spiro atoms. The second-order valence-corrected chi connectivity index (χ2v) is 7.30. The van der Waals surface area contributed by atoms with Gasteiger partial charge < -0.3 is 20.1 Å². The Labute approximate surface area is 201 Å². The molecule has 1 aliphatic heterocycles. The third-order valence-corrected chi connectivity index (χ3v) is 4.90. The van der Waals surface area contributed by atoms with Gasteiger partial charge in [-0.2, -0.15) is 20.1 Å². The summed E-state index contributed by atoms with van der Waals surface area (Å²) in [4.78, 5) is 35.2. The molecule has 16 heteroatoms. The minimum Gasteiger partial charge on any atom is -0.502 e. The highest BCUT2D eigenvalue weighted by Crippen LogP contribution is 2.33. The Bertz CT molecular complexity index is 1320. The van der Waals surface area contributed by atoms with E-state index in [0.29, 0.717) is 44.0 Å². The zero-order valence-corrected chi connectivity index (χ0v) is 18.4. The molecule has 0 unspecified atom stereocenters. The second-order valence-electron chi connectivity index (χ2n) is 7.30. The number of phenols is 1. The number of hydrogen-bond donors (Lipinski definition) is 3. The summed E-state index contributed by atoms with van der Waals surface area (Å²) in [6, 6.07) is 7.10. The number of benzene rings is 2. The van der Waals surface area contributed by atoms with E-state index in [1.165, 1.54) is 24.3 Å². The number of non-ortho nitro benzene ring substituents is 1. The van der Waals surface area contributed by atoms with Crippen molar-refractivity contribution in [2.24, 2.45) is 5.10 Å². The van der Waals surface area contributed by atoms with Gasteiger partial charge in [0.25, 0.3) is 5.69 Å². The number of ether oxygens (including phenoxy) is 1. The van der Waals surface area contributed by atoms with E-state index in [4.69, 9.17) is 4.74 Å². The van der Waals surface area contributed by atoms with Gasteiger partial charge in [-0.05, 0) is 24.3 Å². The van der Waals surface area contributed by atoms with Crippen LogP contribution in [0, 0.1) is 26.0 Å². The van der Waals surface area contributed by atoms with E-state index < -0.39 is 32.8 Å². The van der Waals surface area contributed by atoms with Gasteiger partial charge in [0, 0.05) is 24.8 Å². The lowest BCUT2D eigenvalue weighted by Crippen LogP contribution is -2.37. The molecule has 4 rings (SSSR count). The van der Waals surface area contributed by atoms with Crippen molar-refractivity contribution in [3.63, 3.8) is 0 Å². The Morgan fingerprint density at radius 2 is 1.75 bits per heavy atom. The van der Waals surface area contributed by atoms with Gasteiger partial charge in [0.2, 0.25) is 23.6 Å². The number of nitrogens with zero attached hydrogens (tertiary/aromatic N) is 7. The summed E-state index contributed by atoms with van der Waals surface area (Å²) in [5, 5.41) is 39.2. The number of nitro groups is 2. The quantitative estimate of drug-likeness (QED) is 0.233. The van der Waals surface area contributed by atoms with E-state index >= 15 is 0 Å². The molecule has 1 saturated heterocycles. The molecular formula is C20H18FN9O6. The highest BCUT2D eigenvalue weighted by Gasteiger charge is 2.23. The van der Waals surface area contributed by atoms with Crippen molar-refractivity contribution in [1.29, 1.82) is 0 Å². The van der Waals surface area contributed by atoms with Crippen LogP contribution < -0.4 is 15.6 Å². The average Bonchev–Trinajstić information content (AvgIpc) is 2.86. The van der Waals surface area contributed by atoms with Crippen molar-refractivity contribution in [3.05, 3.63) is 68.0 Å². The van der Waals surface area contributed by atoms with Crippen molar-refractivity contribution in [2.75, 3.05) is 41.9 Å². The van der Waals surface area contributed by atoms with Crippen molar-refractivity contribution in [1.82, 2.24) is 15.0 Å². The number of anilines is 4. The van der Waals surface area contributed by atoms with Gasteiger partial charge in [0.15, 0.2) is 0 Å². The summed E-state index contributed by atoms with van der Waals surface area (Å²) >= 11 is 0. The molecule has 36 heavy (non-hydrogen) atoms. The number of aromatic hydroxyl groups is 1. The Morgan fingerprint density at radius 3 is 2.42 bits per heavy atom. The van der Waals surface area contributed by atoms with E-state index in [1.807, 2.05) is 4.90 Å². The first-order valence-electron chi connectivity index (χ1n) is 10.4. The zero-order valence-electron chi connectivity index (χ0n) is 18.4. The van der Waals surface area contributed by atoms with Crippen LogP contribution in [0.2, 0.25) is 0 Å². The van der Waals surface area contributed by atoms with Gasteiger partial charge in [-0.1, -0.05) is 0 Å². The fraction of sp³-hybridized carbons (Fsp3) is 0.200. The van der Waals surface area contributed by atoms with Gasteiger partial charge in [0.1, 0.15) is 5.82 Å². The third-order valence-electron chi connectivity index (χ3n) is 4.90. The van der Waals surface area contributed by atoms with E-state index in [2.05, 4.69) is 30.8 Å². The molecule has 2 heterocycles. The molecule has 1 aliphatic rings. The number of morpholine rings is 1. The van der Waals surface area contributed by atoms with Gasteiger partial charge in [-0.25, -0.2) is 9.82 Å². The van der Waals surface area contributed by atoms with Crippen LogP contribution in [0.4, 0.5) is 39.3 Å². The molecule has 15 nitrogen and oxygen atoms in total. The number of rotatable bonds is 8. The van der Waals surface area contributed by atoms with Crippen LogP contribution in [0.5, 0.6) is 5.75 Å². The SMILES string of the molecule is O=[N+]([O-])c1cc(/C=N\Nc2nc(Nc3ccc(F)cc3)nc(N3CCOCC3)n2)c(O)c([N+](=O)[O-])c1. The van der Waals surface area contributed by atoms with Gasteiger partial charge >= 0.3 is 5.69 Å². The lowest BCUT2D eigenvalue weighted by Gasteiger charge is -2.27. The fourth-order valence-electron chi connectivity index (χ4n) is 3.17. The van der Waals surface area contributed by atoms with Crippen LogP contribution in [0.1, 0.15) is 5.56 Å². The molecule has 2 aromatic carbocycles. The van der Waals surface area contributed by atoms with E-state index in [9.17, 15) is 29.7 Å². The molecule has 186 valence electrons. The fourth-order valence-corrected chi connectivity index (χ4v) is 3.17. The van der Waals surface area contributed by atoms with Crippen LogP contribution in [-0.2, 0) is 4.74 Å². The first kappa shape index (κ1) is 24.1. The summed E-state index contributed by atoms with van der Waals surface area (Å²) in [7, 11) is 0. The van der Waals surface area contributed by atoms with Crippen molar-refractivity contribution >= 4 is 41.1 Å². The first-order chi connectivity index (χ1) is 17.3. The number of phenolic OH excluding ortho intramolecular Hbond substituents is 1. The average molecular weight is 499 g/mol. The van der Waals surface area contributed by atoms with Crippen LogP contribution in [0.25, 0.3) is 0 Å². The Hall–Kier alpha value is -4.99. The summed E-state index contributed by atoms with van der Waals surface area (Å²) in [5.41, 5.74) is 1.34. The lowest BCUT2D eigenvalue weighted by atomic mass is 10.1. The molecule has 0 saturated carbocycles. The Kier molecular flexibility index (Phi) is 7.05. The first-order valence-corrected chi connectivity index (χ1v) is 10.4. The van der Waals surface area contributed by atoms with E-state index in [-0.39, 0.29) is 17.5 Å². The number of nitrogens with one attached hydrogen (secondary N) is 2. The molecular weight excluding hydrogens is 481 g/mol. The van der Waals surface area contributed by atoms with Crippen molar-refractivity contribution < 1.29 is 24.1 Å². The molecule has 0 amide bonds. The predicted molar refractivity (Wildman–Crippen MR) is 125 cm³/mol. The van der Waals surface area contributed by atoms with Crippen LogP contribution in [-0.4, -0.2) is 62.4 Å². The van der Waals surface area contributed by atoms with Gasteiger partial charge in [-0.15, -0.1) is 0 Å². The lowest BCUT2D eigenvalue weighted by molar-refractivity contribution is -0.394. The molecule has 0 atom stereocenters. The van der Waals surface area contributed by atoms with Crippen LogP contribution in [0.15, 0.2) is 41.5 Å². The number of aromatic nitrogens is 3. The molecule has 0 aliphatic carbocycles. The molecule has 0 bridgehead atoms. The summed E-state index contributed by atoms with van der Waals surface area (Å²) in [6.45, 7) is 1.98. The summed E-state index contributed by atoms with van der Waals surface area (Å²) in [6.07, 6.45) is 0.959. The Balaban J connectivity index is 1.62. The molecule has 1 aromatic heterocycles.